The zero-order valence-corrected chi connectivity index (χ0v) is 15.4. The summed E-state index contributed by atoms with van der Waals surface area (Å²) in [6.07, 6.45) is 0.433. The standard InChI is InChI=1S/C15H18Cl2N2O4S/c1-10(20)19(12-4-7-24(22,23)9-12)6-5-18-15(21)11-2-3-13(16)14(17)8-11/h2-3,8,12H,4-7,9H2,1H3,(H,18,21). The SMILES string of the molecule is CC(=O)N(CCNC(=O)c1ccc(Cl)c(Cl)c1)C1CCS(=O)(=O)C1. The molecule has 0 aromatic heterocycles. The summed E-state index contributed by atoms with van der Waals surface area (Å²) in [6, 6.07) is 4.22. The van der Waals surface area contributed by atoms with Crippen LogP contribution in [0.3, 0.4) is 0 Å². The topological polar surface area (TPSA) is 83.6 Å². The monoisotopic (exact) mass is 392 g/mol. The highest BCUT2D eigenvalue weighted by Crippen LogP contribution is 2.22. The molecule has 1 saturated heterocycles. The lowest BCUT2D eigenvalue weighted by atomic mass is 10.2. The number of benzene rings is 1. The average Bonchev–Trinajstić information content (AvgIpc) is 2.85. The lowest BCUT2D eigenvalue weighted by Crippen LogP contribution is -2.44. The van der Waals surface area contributed by atoms with E-state index >= 15 is 0 Å². The van der Waals surface area contributed by atoms with Crippen molar-refractivity contribution in [1.82, 2.24) is 10.2 Å². The summed E-state index contributed by atoms with van der Waals surface area (Å²) < 4.78 is 23.1. The minimum Gasteiger partial charge on any atom is -0.350 e. The molecule has 0 bridgehead atoms. The first-order chi connectivity index (χ1) is 11.2. The molecule has 1 aliphatic heterocycles. The number of carbonyl (C=O) groups is 2. The Morgan fingerprint density at radius 1 is 1.29 bits per heavy atom. The second kappa shape index (κ2) is 7.72. The smallest absolute Gasteiger partial charge is 0.251 e. The Balaban J connectivity index is 1.92. The van der Waals surface area contributed by atoms with Gasteiger partial charge in [-0.15, -0.1) is 0 Å². The van der Waals surface area contributed by atoms with Crippen molar-refractivity contribution < 1.29 is 18.0 Å². The predicted molar refractivity (Wildman–Crippen MR) is 93.2 cm³/mol. The molecule has 2 rings (SSSR count). The molecule has 0 saturated carbocycles. The Hall–Kier alpha value is -1.31. The fraction of sp³-hybridized carbons (Fsp3) is 0.467. The maximum Gasteiger partial charge on any atom is 0.251 e. The minimum atomic E-state index is -3.08. The van der Waals surface area contributed by atoms with Gasteiger partial charge in [-0.25, -0.2) is 8.42 Å². The number of nitrogens with zero attached hydrogens (tertiary/aromatic N) is 1. The fourth-order valence-corrected chi connectivity index (χ4v) is 4.68. The molecule has 1 N–H and O–H groups in total. The van der Waals surface area contributed by atoms with Crippen LogP contribution in [-0.2, 0) is 14.6 Å². The third kappa shape index (κ3) is 4.84. The van der Waals surface area contributed by atoms with Crippen LogP contribution in [-0.4, -0.2) is 55.8 Å². The maximum absolute atomic E-state index is 12.1. The molecule has 1 aromatic carbocycles. The first kappa shape index (κ1) is 19.0. The Labute approximate surface area is 151 Å². The second-order valence-electron chi connectivity index (χ2n) is 5.65. The largest absolute Gasteiger partial charge is 0.350 e. The van der Waals surface area contributed by atoms with Crippen molar-refractivity contribution in [1.29, 1.82) is 0 Å². The van der Waals surface area contributed by atoms with Crippen molar-refractivity contribution in [3.05, 3.63) is 33.8 Å². The Kier molecular flexibility index (Phi) is 6.11. The number of hydrogen-bond acceptors (Lipinski definition) is 4. The van der Waals surface area contributed by atoms with Crippen LogP contribution < -0.4 is 5.32 Å². The summed E-state index contributed by atoms with van der Waals surface area (Å²) in [5.74, 6) is -0.471. The number of halogens is 2. The normalized spacial score (nSPS) is 19.0. The molecule has 24 heavy (non-hydrogen) atoms. The first-order valence-corrected chi connectivity index (χ1v) is 9.98. The summed E-state index contributed by atoms with van der Waals surface area (Å²) in [7, 11) is -3.08. The van der Waals surface area contributed by atoms with Crippen LogP contribution in [0.1, 0.15) is 23.7 Å². The van der Waals surface area contributed by atoms with Crippen molar-refractivity contribution in [2.45, 2.75) is 19.4 Å². The lowest BCUT2D eigenvalue weighted by molar-refractivity contribution is -0.130. The molecule has 0 radical (unpaired) electrons. The Bertz CT molecular complexity index is 752. The van der Waals surface area contributed by atoms with Gasteiger partial charge in [0, 0.05) is 31.6 Å². The molecular formula is C15H18Cl2N2O4S. The Morgan fingerprint density at radius 3 is 2.54 bits per heavy atom. The molecule has 0 spiro atoms. The molecule has 1 unspecified atom stereocenters. The molecule has 1 atom stereocenters. The molecule has 1 aromatic rings. The van der Waals surface area contributed by atoms with Gasteiger partial charge in [-0.2, -0.15) is 0 Å². The lowest BCUT2D eigenvalue weighted by Gasteiger charge is -2.27. The van der Waals surface area contributed by atoms with Crippen LogP contribution in [0.2, 0.25) is 10.0 Å². The van der Waals surface area contributed by atoms with Crippen LogP contribution in [0.25, 0.3) is 0 Å². The van der Waals surface area contributed by atoms with Gasteiger partial charge in [0.25, 0.3) is 5.91 Å². The van der Waals surface area contributed by atoms with Gasteiger partial charge < -0.3 is 10.2 Å². The van der Waals surface area contributed by atoms with Crippen LogP contribution in [0.4, 0.5) is 0 Å². The van der Waals surface area contributed by atoms with E-state index in [0.29, 0.717) is 17.0 Å². The minimum absolute atomic E-state index is 0.0205. The fourth-order valence-electron chi connectivity index (χ4n) is 2.65. The zero-order valence-electron chi connectivity index (χ0n) is 13.1. The van der Waals surface area contributed by atoms with Gasteiger partial charge in [0.05, 0.1) is 21.6 Å². The third-order valence-electron chi connectivity index (χ3n) is 3.87. The summed E-state index contributed by atoms with van der Waals surface area (Å²) in [4.78, 5) is 25.3. The van der Waals surface area contributed by atoms with Crippen molar-refractivity contribution in [2.24, 2.45) is 0 Å². The molecule has 6 nitrogen and oxygen atoms in total. The molecule has 2 amide bonds. The van der Waals surface area contributed by atoms with E-state index in [1.165, 1.54) is 24.0 Å². The molecule has 0 aliphatic carbocycles. The van der Waals surface area contributed by atoms with E-state index in [1.54, 1.807) is 6.07 Å². The van der Waals surface area contributed by atoms with E-state index < -0.39 is 9.84 Å². The van der Waals surface area contributed by atoms with Crippen molar-refractivity contribution in [2.75, 3.05) is 24.6 Å². The highest BCUT2D eigenvalue weighted by molar-refractivity contribution is 7.91. The molecule has 1 heterocycles. The van der Waals surface area contributed by atoms with E-state index in [4.69, 9.17) is 23.2 Å². The van der Waals surface area contributed by atoms with Gasteiger partial charge in [-0.1, -0.05) is 23.2 Å². The van der Waals surface area contributed by atoms with Crippen LogP contribution >= 0.6 is 23.2 Å². The van der Waals surface area contributed by atoms with E-state index in [0.717, 1.165) is 0 Å². The van der Waals surface area contributed by atoms with Crippen LogP contribution in [0.15, 0.2) is 18.2 Å². The molecular weight excluding hydrogens is 375 g/mol. The van der Waals surface area contributed by atoms with Gasteiger partial charge in [0.1, 0.15) is 0 Å². The zero-order chi connectivity index (χ0) is 17.9. The van der Waals surface area contributed by atoms with E-state index in [2.05, 4.69) is 5.32 Å². The summed E-state index contributed by atoms with van der Waals surface area (Å²) in [5, 5.41) is 3.33. The van der Waals surface area contributed by atoms with Crippen LogP contribution in [0.5, 0.6) is 0 Å². The van der Waals surface area contributed by atoms with Gasteiger partial charge in [-0.3, -0.25) is 9.59 Å². The van der Waals surface area contributed by atoms with Gasteiger partial charge >= 0.3 is 0 Å². The van der Waals surface area contributed by atoms with E-state index in [-0.39, 0.29) is 47.5 Å². The third-order valence-corrected chi connectivity index (χ3v) is 6.36. The van der Waals surface area contributed by atoms with Crippen molar-refractivity contribution in [3.8, 4) is 0 Å². The van der Waals surface area contributed by atoms with Crippen molar-refractivity contribution >= 4 is 44.9 Å². The highest BCUT2D eigenvalue weighted by atomic mass is 35.5. The number of amides is 2. The van der Waals surface area contributed by atoms with Gasteiger partial charge in [0.2, 0.25) is 5.91 Å². The second-order valence-corrected chi connectivity index (χ2v) is 8.70. The average molecular weight is 393 g/mol. The van der Waals surface area contributed by atoms with Gasteiger partial charge in [-0.05, 0) is 24.6 Å². The molecule has 1 aliphatic rings. The number of hydrogen-bond donors (Lipinski definition) is 1. The van der Waals surface area contributed by atoms with Crippen LogP contribution in [0, 0.1) is 0 Å². The van der Waals surface area contributed by atoms with Gasteiger partial charge in [0.15, 0.2) is 9.84 Å². The predicted octanol–water partition coefficient (Wildman–Crippen LogP) is 1.76. The quantitative estimate of drug-likeness (QED) is 0.827. The number of sulfone groups is 1. The molecule has 132 valence electrons. The molecule has 9 heteroatoms. The summed E-state index contributed by atoms with van der Waals surface area (Å²) >= 11 is 11.7. The van der Waals surface area contributed by atoms with E-state index in [9.17, 15) is 18.0 Å². The first-order valence-electron chi connectivity index (χ1n) is 7.40. The van der Waals surface area contributed by atoms with E-state index in [1.807, 2.05) is 0 Å². The highest BCUT2D eigenvalue weighted by Gasteiger charge is 2.33. The number of carbonyl (C=O) groups excluding carboxylic acids is 2. The number of nitrogens with one attached hydrogen (secondary N) is 1. The summed E-state index contributed by atoms with van der Waals surface area (Å²) in [5.41, 5.74) is 0.363. The molecule has 1 fully saturated rings. The Morgan fingerprint density at radius 2 is 2.00 bits per heavy atom. The van der Waals surface area contributed by atoms with Crippen molar-refractivity contribution in [3.63, 3.8) is 0 Å². The summed E-state index contributed by atoms with van der Waals surface area (Å²) in [6.45, 7) is 1.86. The number of rotatable bonds is 5. The maximum atomic E-state index is 12.1.